The number of carbonyl (C=O) groups excluding carboxylic acids is 1. The molecule has 0 spiro atoms. The van der Waals surface area contributed by atoms with Gasteiger partial charge in [-0.25, -0.2) is 16.4 Å². The Labute approximate surface area is 62.8 Å². The Bertz CT molecular complexity index is 191. The fraction of sp³-hybridized carbons (Fsp3) is 0.250. The molecule has 11 heavy (non-hydrogen) atoms. The van der Waals surface area contributed by atoms with Crippen molar-refractivity contribution in [2.75, 3.05) is 6.54 Å². The van der Waals surface area contributed by atoms with E-state index in [0.29, 0.717) is 5.82 Å². The smallest absolute Gasteiger partial charge is 0.256 e. The first-order valence-corrected chi connectivity index (χ1v) is 2.89. The van der Waals surface area contributed by atoms with E-state index in [2.05, 4.69) is 10.4 Å². The lowest BCUT2D eigenvalue weighted by molar-refractivity contribution is -0.161. The Kier molecular flexibility index (Phi) is 2.14. The van der Waals surface area contributed by atoms with Crippen molar-refractivity contribution in [1.82, 2.24) is 16.0 Å². The molecule has 1 amide bonds. The van der Waals surface area contributed by atoms with Crippen molar-refractivity contribution < 1.29 is 9.73 Å². The van der Waals surface area contributed by atoms with Crippen molar-refractivity contribution in [2.24, 2.45) is 11.6 Å². The molecule has 0 aromatic heterocycles. The molecule has 6 N–H and O–H groups in total. The fourth-order valence-electron chi connectivity index (χ4n) is 0.575. The summed E-state index contributed by atoms with van der Waals surface area (Å²) in [6.45, 7) is -0.0359. The van der Waals surface area contributed by atoms with Gasteiger partial charge in [0.2, 0.25) is 0 Å². The van der Waals surface area contributed by atoms with Crippen LogP contribution in [-0.4, -0.2) is 17.5 Å². The predicted molar refractivity (Wildman–Crippen MR) is 35.5 cm³/mol. The average Bonchev–Trinajstić information content (AvgIpc) is 2.37. The van der Waals surface area contributed by atoms with E-state index < -0.39 is 0 Å². The van der Waals surface area contributed by atoms with Gasteiger partial charge in [-0.05, 0) is 0 Å². The maximum atomic E-state index is 10.6. The van der Waals surface area contributed by atoms with E-state index >= 15 is 0 Å². The molecule has 62 valence electrons. The van der Waals surface area contributed by atoms with Gasteiger partial charge in [-0.1, -0.05) is 0 Å². The third-order valence-electron chi connectivity index (χ3n) is 1.11. The quantitative estimate of drug-likeness (QED) is 0.201. The number of nitrogens with one attached hydrogen (secondary N) is 2. The normalized spacial score (nSPS) is 15.7. The SMILES string of the molecule is NNC(=O)CN1ONC=C1N. The summed E-state index contributed by atoms with van der Waals surface area (Å²) in [5.41, 5.74) is 9.67. The van der Waals surface area contributed by atoms with Crippen LogP contribution in [0.5, 0.6) is 0 Å². The van der Waals surface area contributed by atoms with Crippen LogP contribution in [0.4, 0.5) is 0 Å². The standard InChI is InChI=1S/C4H9N5O2/c5-3-1-7-11-9(3)2-4(10)8-6/h1,7H,2,5-6H2,(H,8,10). The van der Waals surface area contributed by atoms with Crippen molar-refractivity contribution in [3.05, 3.63) is 12.0 Å². The highest BCUT2D eigenvalue weighted by Crippen LogP contribution is 2.00. The van der Waals surface area contributed by atoms with Crippen LogP contribution in [0, 0.1) is 0 Å². The number of nitrogens with zero attached hydrogens (tertiary/aromatic N) is 1. The fourth-order valence-corrected chi connectivity index (χ4v) is 0.575. The summed E-state index contributed by atoms with van der Waals surface area (Å²) < 4.78 is 0. The summed E-state index contributed by atoms with van der Waals surface area (Å²) in [5.74, 6) is 4.78. The Balaban J connectivity index is 2.38. The molecule has 0 saturated heterocycles. The van der Waals surface area contributed by atoms with E-state index in [4.69, 9.17) is 11.6 Å². The van der Waals surface area contributed by atoms with E-state index in [-0.39, 0.29) is 12.5 Å². The van der Waals surface area contributed by atoms with Gasteiger partial charge >= 0.3 is 0 Å². The molecule has 0 radical (unpaired) electrons. The van der Waals surface area contributed by atoms with Crippen molar-refractivity contribution in [1.29, 1.82) is 0 Å². The van der Waals surface area contributed by atoms with Gasteiger partial charge < -0.3 is 5.73 Å². The van der Waals surface area contributed by atoms with Gasteiger partial charge in [0.05, 0.1) is 6.20 Å². The first-order chi connectivity index (χ1) is 5.24. The minimum atomic E-state index is -0.384. The third kappa shape index (κ3) is 1.72. The molecule has 0 aromatic rings. The zero-order chi connectivity index (χ0) is 8.27. The van der Waals surface area contributed by atoms with Crippen molar-refractivity contribution in [3.63, 3.8) is 0 Å². The van der Waals surface area contributed by atoms with Gasteiger partial charge in [-0.2, -0.15) is 4.94 Å². The van der Waals surface area contributed by atoms with Crippen LogP contribution in [0.15, 0.2) is 12.0 Å². The number of carbonyl (C=O) groups is 1. The van der Waals surface area contributed by atoms with E-state index in [9.17, 15) is 4.79 Å². The molecule has 7 nitrogen and oxygen atoms in total. The van der Waals surface area contributed by atoms with Gasteiger partial charge in [0, 0.05) is 0 Å². The number of rotatable bonds is 2. The second kappa shape index (κ2) is 3.08. The van der Waals surface area contributed by atoms with Crippen LogP contribution >= 0.6 is 0 Å². The first-order valence-electron chi connectivity index (χ1n) is 2.89. The molecule has 1 aliphatic heterocycles. The summed E-state index contributed by atoms with van der Waals surface area (Å²) in [7, 11) is 0. The second-order valence-electron chi connectivity index (χ2n) is 1.88. The number of hydrogen-bond donors (Lipinski definition) is 4. The molecule has 1 heterocycles. The second-order valence-corrected chi connectivity index (χ2v) is 1.88. The molecule has 1 rings (SSSR count). The molecule has 1 aliphatic rings. The number of hydrazine groups is 1. The number of nitrogens with two attached hydrogens (primary N) is 2. The molecule has 0 aromatic carbocycles. The lowest BCUT2D eigenvalue weighted by Gasteiger charge is -2.13. The van der Waals surface area contributed by atoms with Crippen LogP contribution in [0.3, 0.4) is 0 Å². The summed E-state index contributed by atoms with van der Waals surface area (Å²) >= 11 is 0. The van der Waals surface area contributed by atoms with Crippen LogP contribution in [0.25, 0.3) is 0 Å². The largest absolute Gasteiger partial charge is 0.382 e. The molecule has 7 heteroatoms. The number of hydrogen-bond acceptors (Lipinski definition) is 6. The Hall–Kier alpha value is -1.47. The Morgan fingerprint density at radius 1 is 1.91 bits per heavy atom. The minimum absolute atomic E-state index is 0.0359. The van der Waals surface area contributed by atoms with E-state index in [1.54, 1.807) is 0 Å². The topological polar surface area (TPSA) is 106 Å². The van der Waals surface area contributed by atoms with Gasteiger partial charge in [0.25, 0.3) is 5.91 Å². The lowest BCUT2D eigenvalue weighted by Crippen LogP contribution is -2.40. The highest BCUT2D eigenvalue weighted by molar-refractivity contribution is 5.77. The molecule has 0 atom stereocenters. The monoisotopic (exact) mass is 159 g/mol. The van der Waals surface area contributed by atoms with Crippen molar-refractivity contribution in [3.8, 4) is 0 Å². The van der Waals surface area contributed by atoms with Crippen LogP contribution < -0.4 is 22.5 Å². The first kappa shape index (κ1) is 7.63. The molecule has 0 unspecified atom stereocenters. The molecule has 0 fully saturated rings. The number of hydroxylamine groups is 3. The van der Waals surface area contributed by atoms with Gasteiger partial charge in [-0.3, -0.25) is 10.2 Å². The zero-order valence-corrected chi connectivity index (χ0v) is 5.70. The van der Waals surface area contributed by atoms with E-state index in [0.717, 1.165) is 0 Å². The van der Waals surface area contributed by atoms with Crippen molar-refractivity contribution >= 4 is 5.91 Å². The van der Waals surface area contributed by atoms with Crippen LogP contribution in [-0.2, 0) is 9.73 Å². The minimum Gasteiger partial charge on any atom is -0.382 e. The predicted octanol–water partition coefficient (Wildman–Crippen LogP) is -2.51. The van der Waals surface area contributed by atoms with E-state index in [1.807, 2.05) is 5.43 Å². The highest BCUT2D eigenvalue weighted by Gasteiger charge is 2.15. The summed E-state index contributed by atoms with van der Waals surface area (Å²) in [6, 6.07) is 0. The molecular weight excluding hydrogens is 150 g/mol. The summed E-state index contributed by atoms with van der Waals surface area (Å²) in [6.07, 6.45) is 1.42. The Morgan fingerprint density at radius 3 is 3.09 bits per heavy atom. The van der Waals surface area contributed by atoms with E-state index in [1.165, 1.54) is 11.3 Å². The Morgan fingerprint density at radius 2 is 2.64 bits per heavy atom. The van der Waals surface area contributed by atoms with Crippen LogP contribution in [0.2, 0.25) is 0 Å². The van der Waals surface area contributed by atoms with Gasteiger partial charge in [-0.15, -0.1) is 0 Å². The van der Waals surface area contributed by atoms with Gasteiger partial charge in [0.15, 0.2) is 0 Å². The number of amides is 1. The molecule has 0 bridgehead atoms. The maximum Gasteiger partial charge on any atom is 0.256 e. The molecule has 0 aliphatic carbocycles. The maximum absolute atomic E-state index is 10.6. The molecule has 0 saturated carbocycles. The van der Waals surface area contributed by atoms with Crippen LogP contribution in [0.1, 0.15) is 0 Å². The highest BCUT2D eigenvalue weighted by atomic mass is 16.8. The summed E-state index contributed by atoms with van der Waals surface area (Å²) in [5, 5.41) is 1.17. The summed E-state index contributed by atoms with van der Waals surface area (Å²) in [4.78, 5) is 15.3. The lowest BCUT2D eigenvalue weighted by atomic mass is 10.6. The van der Waals surface area contributed by atoms with Crippen molar-refractivity contribution in [2.45, 2.75) is 0 Å². The third-order valence-corrected chi connectivity index (χ3v) is 1.11. The molecular formula is C4H9N5O2. The zero-order valence-electron chi connectivity index (χ0n) is 5.70. The average molecular weight is 159 g/mol. The van der Waals surface area contributed by atoms with Gasteiger partial charge in [0.1, 0.15) is 12.4 Å².